The lowest BCUT2D eigenvalue weighted by atomic mass is 9.91. The SMILES string of the molecule is [O-][n+]1ccc(CC(c2ccc(OC(F)F)c(OC(F)F)c2)c2cnc(C(O)(c3ccccc3)C(F)(F)F)s2)cc1. The Morgan fingerprint density at radius 2 is 1.52 bits per heavy atom. The predicted octanol–water partition coefficient (Wildman–Crippen LogP) is 6.15. The maximum absolute atomic E-state index is 14.2. The van der Waals surface area contributed by atoms with E-state index in [0.717, 1.165) is 30.5 Å². The van der Waals surface area contributed by atoms with Gasteiger partial charge in [0.15, 0.2) is 23.9 Å². The lowest BCUT2D eigenvalue weighted by Crippen LogP contribution is -2.43. The van der Waals surface area contributed by atoms with Gasteiger partial charge in [0, 0.05) is 29.1 Å². The van der Waals surface area contributed by atoms with E-state index in [2.05, 4.69) is 14.5 Å². The lowest BCUT2D eigenvalue weighted by Gasteiger charge is -2.29. The highest BCUT2D eigenvalue weighted by molar-refractivity contribution is 7.11. The van der Waals surface area contributed by atoms with Gasteiger partial charge in [0.25, 0.3) is 0 Å². The van der Waals surface area contributed by atoms with Gasteiger partial charge in [0.1, 0.15) is 5.01 Å². The van der Waals surface area contributed by atoms with Crippen LogP contribution in [0, 0.1) is 5.21 Å². The van der Waals surface area contributed by atoms with Crippen molar-refractivity contribution in [1.29, 1.82) is 0 Å². The van der Waals surface area contributed by atoms with Gasteiger partial charge in [0.2, 0.25) is 5.60 Å². The molecule has 0 bridgehead atoms. The Bertz CT molecular complexity index is 1420. The van der Waals surface area contributed by atoms with Crippen LogP contribution in [0.4, 0.5) is 30.7 Å². The van der Waals surface area contributed by atoms with E-state index in [4.69, 9.17) is 0 Å². The molecule has 1 N–H and O–H groups in total. The van der Waals surface area contributed by atoms with Crippen LogP contribution in [0.5, 0.6) is 11.5 Å². The average Bonchev–Trinajstić information content (AvgIpc) is 3.38. The molecular weight excluding hydrogens is 569 g/mol. The largest absolute Gasteiger partial charge is 0.619 e. The van der Waals surface area contributed by atoms with Crippen LogP contribution in [0.3, 0.4) is 0 Å². The Hall–Kier alpha value is -3.91. The fourth-order valence-corrected chi connectivity index (χ4v) is 5.20. The number of benzene rings is 2. The standard InChI is InChI=1S/C26H19F7N2O4S/c27-23(28)38-19-7-6-16(13-20(19)39-24(29)30)18(12-15-8-10-35(37)11-9-15)21-14-34-22(40-21)25(36,26(31,32)33)17-4-2-1-3-5-17/h1-11,13-14,18,23-24,36H,12H2. The number of hydrogen-bond acceptors (Lipinski definition) is 6. The van der Waals surface area contributed by atoms with E-state index < -0.39 is 53.0 Å². The maximum Gasteiger partial charge on any atom is 0.428 e. The molecular formula is C26H19F7N2O4S. The molecule has 0 aliphatic heterocycles. The molecule has 0 aliphatic rings. The molecule has 0 saturated carbocycles. The van der Waals surface area contributed by atoms with E-state index in [9.17, 15) is 41.0 Å². The summed E-state index contributed by atoms with van der Waals surface area (Å²) in [5, 5.41) is 21.7. The summed E-state index contributed by atoms with van der Waals surface area (Å²) in [6.45, 7) is -6.73. The minimum absolute atomic E-state index is 0.0292. The van der Waals surface area contributed by atoms with E-state index in [1.54, 1.807) is 0 Å². The number of hydrogen-bond donors (Lipinski definition) is 1. The van der Waals surface area contributed by atoms with Gasteiger partial charge in [-0.25, -0.2) is 4.98 Å². The second kappa shape index (κ2) is 11.7. The number of rotatable bonds is 10. The van der Waals surface area contributed by atoms with Crippen LogP contribution in [0.25, 0.3) is 0 Å². The van der Waals surface area contributed by atoms with Crippen molar-refractivity contribution >= 4 is 11.3 Å². The van der Waals surface area contributed by atoms with Gasteiger partial charge in [-0.05, 0) is 35.2 Å². The Morgan fingerprint density at radius 3 is 2.12 bits per heavy atom. The highest BCUT2D eigenvalue weighted by Crippen LogP contribution is 2.47. The number of alkyl halides is 7. The predicted molar refractivity (Wildman–Crippen MR) is 128 cm³/mol. The van der Waals surface area contributed by atoms with Crippen LogP contribution in [0.1, 0.15) is 32.5 Å². The van der Waals surface area contributed by atoms with Crippen molar-refractivity contribution in [2.45, 2.75) is 37.3 Å². The molecule has 4 rings (SSSR count). The van der Waals surface area contributed by atoms with Gasteiger partial charge in [-0.3, -0.25) is 0 Å². The number of aliphatic hydroxyl groups is 1. The van der Waals surface area contributed by atoms with Crippen molar-refractivity contribution in [2.24, 2.45) is 0 Å². The minimum Gasteiger partial charge on any atom is -0.619 e. The fraction of sp³-hybridized carbons (Fsp3) is 0.231. The first-order chi connectivity index (χ1) is 18.9. The Balaban J connectivity index is 1.83. The van der Waals surface area contributed by atoms with E-state index in [0.29, 0.717) is 21.6 Å². The van der Waals surface area contributed by atoms with Gasteiger partial charge in [-0.2, -0.15) is 35.5 Å². The normalized spacial score (nSPS) is 14.2. The van der Waals surface area contributed by atoms with Crippen LogP contribution in [-0.4, -0.2) is 29.5 Å². The number of halogens is 7. The quantitative estimate of drug-likeness (QED) is 0.137. The van der Waals surface area contributed by atoms with Gasteiger partial charge in [0.05, 0.1) is 0 Å². The fourth-order valence-electron chi connectivity index (χ4n) is 4.02. The Kier molecular flexibility index (Phi) is 8.49. The summed E-state index contributed by atoms with van der Waals surface area (Å²) in [5.74, 6) is -2.28. The summed E-state index contributed by atoms with van der Waals surface area (Å²) in [7, 11) is 0. The summed E-state index contributed by atoms with van der Waals surface area (Å²) in [6, 6.07) is 12.5. The number of nitrogens with zero attached hydrogens (tertiary/aromatic N) is 2. The molecule has 14 heteroatoms. The maximum atomic E-state index is 14.2. The van der Waals surface area contributed by atoms with E-state index in [-0.39, 0.29) is 16.9 Å². The first-order valence-corrected chi connectivity index (χ1v) is 12.2. The summed E-state index contributed by atoms with van der Waals surface area (Å²) in [4.78, 5) is 4.06. The molecule has 4 aromatic rings. The number of ether oxygens (including phenoxy) is 2. The average molecular weight is 589 g/mol. The molecule has 40 heavy (non-hydrogen) atoms. The third-order valence-corrected chi connectivity index (χ3v) is 7.11. The molecule has 0 radical (unpaired) electrons. The van der Waals surface area contributed by atoms with Gasteiger partial charge >= 0.3 is 19.4 Å². The summed E-state index contributed by atoms with van der Waals surface area (Å²) in [5.41, 5.74) is -3.21. The Labute approximate surface area is 226 Å². The van der Waals surface area contributed by atoms with Crippen LogP contribution in [0.2, 0.25) is 0 Å². The second-order valence-corrected chi connectivity index (χ2v) is 9.49. The molecule has 212 valence electrons. The molecule has 0 amide bonds. The molecule has 2 unspecified atom stereocenters. The molecule has 6 nitrogen and oxygen atoms in total. The lowest BCUT2D eigenvalue weighted by molar-refractivity contribution is -0.605. The van der Waals surface area contributed by atoms with Crippen molar-refractivity contribution in [2.75, 3.05) is 0 Å². The molecule has 0 spiro atoms. The molecule has 0 saturated heterocycles. The minimum atomic E-state index is -5.16. The molecule has 2 aromatic heterocycles. The molecule has 2 aromatic carbocycles. The third kappa shape index (κ3) is 6.28. The monoisotopic (exact) mass is 588 g/mol. The zero-order valence-corrected chi connectivity index (χ0v) is 20.9. The molecule has 2 heterocycles. The van der Waals surface area contributed by atoms with Crippen molar-refractivity contribution in [1.82, 2.24) is 4.98 Å². The van der Waals surface area contributed by atoms with E-state index in [1.807, 2.05) is 0 Å². The van der Waals surface area contributed by atoms with Crippen LogP contribution in [-0.2, 0) is 12.0 Å². The smallest absolute Gasteiger partial charge is 0.428 e. The van der Waals surface area contributed by atoms with E-state index in [1.165, 1.54) is 48.8 Å². The topological polar surface area (TPSA) is 78.5 Å². The number of thiazole rings is 1. The second-order valence-electron chi connectivity index (χ2n) is 8.43. The molecule has 0 fully saturated rings. The zero-order valence-electron chi connectivity index (χ0n) is 20.1. The third-order valence-electron chi connectivity index (χ3n) is 5.89. The van der Waals surface area contributed by atoms with E-state index >= 15 is 0 Å². The number of pyridine rings is 1. The highest BCUT2D eigenvalue weighted by Gasteiger charge is 2.58. The highest BCUT2D eigenvalue weighted by atomic mass is 32.1. The van der Waals surface area contributed by atoms with Gasteiger partial charge < -0.3 is 19.8 Å². The number of aromatic nitrogens is 2. The summed E-state index contributed by atoms with van der Waals surface area (Å²) < 4.78 is 104. The first-order valence-electron chi connectivity index (χ1n) is 11.4. The van der Waals surface area contributed by atoms with Crippen molar-refractivity contribution in [3.05, 3.63) is 111 Å². The van der Waals surface area contributed by atoms with Crippen LogP contribution >= 0.6 is 11.3 Å². The van der Waals surface area contributed by atoms with Crippen molar-refractivity contribution in [3.63, 3.8) is 0 Å². The van der Waals surface area contributed by atoms with Crippen molar-refractivity contribution < 1.29 is 50.0 Å². The van der Waals surface area contributed by atoms with Crippen LogP contribution in [0.15, 0.2) is 79.3 Å². The summed E-state index contributed by atoms with van der Waals surface area (Å²) >= 11 is 0.533. The van der Waals surface area contributed by atoms with Crippen LogP contribution < -0.4 is 14.2 Å². The Morgan fingerprint density at radius 1 is 0.900 bits per heavy atom. The first kappa shape index (κ1) is 29.1. The van der Waals surface area contributed by atoms with Crippen molar-refractivity contribution in [3.8, 4) is 11.5 Å². The zero-order chi connectivity index (χ0) is 29.1. The van der Waals surface area contributed by atoms with Gasteiger partial charge in [-0.1, -0.05) is 36.4 Å². The molecule has 0 aliphatic carbocycles. The molecule has 2 atom stereocenters. The van der Waals surface area contributed by atoms with Gasteiger partial charge in [-0.15, -0.1) is 11.3 Å². The summed E-state index contributed by atoms with van der Waals surface area (Å²) in [6.07, 6.45) is -1.65.